The summed E-state index contributed by atoms with van der Waals surface area (Å²) in [5, 5.41) is 11.7. The SMILES string of the molecule is CC(C)CCC(=O)N([C@@H](CCCc1ccccc1)C(=O)NO[C@@H]1CCCCO1)n1c(O)c[nH]c1=S. The number of aryl methyl sites for hydroxylation is 1. The van der Waals surface area contributed by atoms with Crippen LogP contribution in [0.4, 0.5) is 0 Å². The molecule has 2 atom stereocenters. The second-order valence-electron chi connectivity index (χ2n) is 9.21. The Morgan fingerprint density at radius 1 is 1.29 bits per heavy atom. The zero-order valence-electron chi connectivity index (χ0n) is 20.4. The molecule has 1 aromatic heterocycles. The summed E-state index contributed by atoms with van der Waals surface area (Å²) in [7, 11) is 0. The molecule has 192 valence electrons. The number of nitrogens with one attached hydrogen (secondary N) is 2. The number of H-pyrrole nitrogens is 1. The highest BCUT2D eigenvalue weighted by Crippen LogP contribution is 2.20. The van der Waals surface area contributed by atoms with Crippen LogP contribution in [0.3, 0.4) is 0 Å². The zero-order chi connectivity index (χ0) is 25.2. The van der Waals surface area contributed by atoms with Crippen molar-refractivity contribution in [3.8, 4) is 5.88 Å². The van der Waals surface area contributed by atoms with Crippen LogP contribution in [0.5, 0.6) is 5.88 Å². The summed E-state index contributed by atoms with van der Waals surface area (Å²) in [5.41, 5.74) is 3.64. The number of aromatic amines is 1. The second kappa shape index (κ2) is 13.4. The van der Waals surface area contributed by atoms with Crippen molar-refractivity contribution < 1.29 is 24.3 Å². The van der Waals surface area contributed by atoms with Crippen LogP contribution in [-0.2, 0) is 25.6 Å². The average Bonchev–Trinajstić information content (AvgIpc) is 3.19. The van der Waals surface area contributed by atoms with Crippen LogP contribution < -0.4 is 10.5 Å². The molecule has 0 spiro atoms. The normalized spacial score (nSPS) is 16.7. The number of carbonyl (C=O) groups is 2. The predicted octanol–water partition coefficient (Wildman–Crippen LogP) is 4.12. The van der Waals surface area contributed by atoms with Gasteiger partial charge in [0.25, 0.3) is 5.91 Å². The van der Waals surface area contributed by atoms with E-state index in [1.807, 2.05) is 44.2 Å². The fraction of sp³-hybridized carbons (Fsp3) is 0.560. The topological polar surface area (TPSA) is 109 Å². The minimum Gasteiger partial charge on any atom is -0.492 e. The third-order valence-electron chi connectivity index (χ3n) is 5.95. The zero-order valence-corrected chi connectivity index (χ0v) is 21.3. The summed E-state index contributed by atoms with van der Waals surface area (Å²) in [6.45, 7) is 4.63. The molecule has 1 aliphatic heterocycles. The van der Waals surface area contributed by atoms with Gasteiger partial charge >= 0.3 is 0 Å². The molecule has 1 aliphatic rings. The lowest BCUT2D eigenvalue weighted by atomic mass is 10.0. The van der Waals surface area contributed by atoms with Crippen molar-refractivity contribution in [1.29, 1.82) is 0 Å². The summed E-state index contributed by atoms with van der Waals surface area (Å²) in [6, 6.07) is 9.00. The van der Waals surface area contributed by atoms with Crippen molar-refractivity contribution >= 4 is 24.0 Å². The van der Waals surface area contributed by atoms with Gasteiger partial charge in [-0.05, 0) is 62.2 Å². The molecule has 0 bridgehead atoms. The van der Waals surface area contributed by atoms with E-state index >= 15 is 0 Å². The first-order valence-corrected chi connectivity index (χ1v) is 12.7. The number of aromatic hydroxyl groups is 1. The highest BCUT2D eigenvalue weighted by Gasteiger charge is 2.34. The quantitative estimate of drug-likeness (QED) is 0.296. The van der Waals surface area contributed by atoms with E-state index < -0.39 is 18.2 Å². The van der Waals surface area contributed by atoms with Gasteiger partial charge in [0, 0.05) is 19.4 Å². The molecule has 2 amide bonds. The summed E-state index contributed by atoms with van der Waals surface area (Å²) >= 11 is 5.34. The molecule has 3 rings (SSSR count). The number of nitrogens with zero attached hydrogens (tertiary/aromatic N) is 2. The fourth-order valence-electron chi connectivity index (χ4n) is 4.02. The monoisotopic (exact) mass is 504 g/mol. The number of aromatic nitrogens is 2. The Labute approximate surface area is 211 Å². The molecule has 0 saturated carbocycles. The van der Waals surface area contributed by atoms with E-state index in [0.717, 1.165) is 24.8 Å². The highest BCUT2D eigenvalue weighted by molar-refractivity contribution is 7.71. The van der Waals surface area contributed by atoms with E-state index in [-0.39, 0.29) is 23.0 Å². The van der Waals surface area contributed by atoms with Crippen molar-refractivity contribution in [3.05, 3.63) is 46.9 Å². The van der Waals surface area contributed by atoms with E-state index in [0.29, 0.717) is 38.2 Å². The third kappa shape index (κ3) is 7.91. The molecule has 35 heavy (non-hydrogen) atoms. The van der Waals surface area contributed by atoms with Gasteiger partial charge in [-0.25, -0.2) is 15.3 Å². The Hall–Kier alpha value is -2.69. The van der Waals surface area contributed by atoms with Gasteiger partial charge in [0.1, 0.15) is 6.04 Å². The molecule has 10 heteroatoms. The van der Waals surface area contributed by atoms with Gasteiger partial charge in [-0.1, -0.05) is 44.2 Å². The maximum absolute atomic E-state index is 13.4. The Balaban J connectivity index is 1.83. The molecule has 0 unspecified atom stereocenters. The van der Waals surface area contributed by atoms with Crippen LogP contribution in [-0.4, -0.2) is 45.5 Å². The number of benzene rings is 1. The fourth-order valence-corrected chi connectivity index (χ4v) is 4.26. The van der Waals surface area contributed by atoms with Gasteiger partial charge in [0.2, 0.25) is 11.8 Å². The van der Waals surface area contributed by atoms with Crippen molar-refractivity contribution in [3.63, 3.8) is 0 Å². The number of carbonyl (C=O) groups excluding carboxylic acids is 2. The number of hydrogen-bond acceptors (Lipinski definition) is 6. The average molecular weight is 505 g/mol. The molecular weight excluding hydrogens is 468 g/mol. The summed E-state index contributed by atoms with van der Waals surface area (Å²) in [5.74, 6) is -0.748. The lowest BCUT2D eigenvalue weighted by Crippen LogP contribution is -2.55. The molecule has 2 aromatic rings. The number of imidazole rings is 1. The molecule has 1 aromatic carbocycles. The standard InChI is InChI=1S/C25H36N4O5S/c1-18(2)14-15-21(30)28(29-22(31)17-26-25(29)35)20(12-8-11-19-9-4-3-5-10-19)24(32)27-34-23-13-6-7-16-33-23/h3-5,9-10,17-18,20,23,31H,6-8,11-16H2,1-2H3,(H,26,35)(H,27,32)/t20-,23+/m0/s1. The number of ether oxygens (including phenoxy) is 1. The Morgan fingerprint density at radius 2 is 2.06 bits per heavy atom. The van der Waals surface area contributed by atoms with Gasteiger partial charge in [-0.2, -0.15) is 4.68 Å². The van der Waals surface area contributed by atoms with Crippen molar-refractivity contribution in [2.45, 2.75) is 77.5 Å². The molecule has 0 aliphatic carbocycles. The molecule has 2 heterocycles. The third-order valence-corrected chi connectivity index (χ3v) is 6.24. The van der Waals surface area contributed by atoms with Crippen molar-refractivity contribution in [2.24, 2.45) is 5.92 Å². The van der Waals surface area contributed by atoms with Crippen LogP contribution in [0, 0.1) is 10.7 Å². The van der Waals surface area contributed by atoms with Gasteiger partial charge in [0.15, 0.2) is 11.1 Å². The smallest absolute Gasteiger partial charge is 0.268 e. The Kier molecular flexibility index (Phi) is 10.3. The first-order valence-electron chi connectivity index (χ1n) is 12.3. The number of hydroxylamine groups is 1. The highest BCUT2D eigenvalue weighted by atomic mass is 32.1. The van der Waals surface area contributed by atoms with Crippen LogP contribution in [0.15, 0.2) is 36.5 Å². The number of hydrogen-bond donors (Lipinski definition) is 3. The van der Waals surface area contributed by atoms with Crippen LogP contribution in [0.25, 0.3) is 0 Å². The van der Waals surface area contributed by atoms with E-state index in [1.165, 1.54) is 15.9 Å². The predicted molar refractivity (Wildman–Crippen MR) is 135 cm³/mol. The molecule has 1 fully saturated rings. The van der Waals surface area contributed by atoms with Crippen LogP contribution in [0.2, 0.25) is 0 Å². The van der Waals surface area contributed by atoms with Crippen LogP contribution in [0.1, 0.15) is 64.4 Å². The van der Waals surface area contributed by atoms with E-state index in [4.69, 9.17) is 21.8 Å². The van der Waals surface area contributed by atoms with E-state index in [9.17, 15) is 14.7 Å². The van der Waals surface area contributed by atoms with Crippen molar-refractivity contribution in [1.82, 2.24) is 15.1 Å². The first-order chi connectivity index (χ1) is 16.9. The summed E-state index contributed by atoms with van der Waals surface area (Å²) in [6.07, 6.45) is 5.92. The lowest BCUT2D eigenvalue weighted by molar-refractivity contribution is -0.201. The number of rotatable bonds is 12. The molecule has 9 nitrogen and oxygen atoms in total. The first kappa shape index (κ1) is 26.9. The lowest BCUT2D eigenvalue weighted by Gasteiger charge is -2.32. The van der Waals surface area contributed by atoms with E-state index in [1.54, 1.807) is 0 Å². The van der Waals surface area contributed by atoms with Gasteiger partial charge < -0.3 is 14.8 Å². The molecule has 3 N–H and O–H groups in total. The minimum absolute atomic E-state index is 0.123. The minimum atomic E-state index is -0.949. The van der Waals surface area contributed by atoms with E-state index in [2.05, 4.69) is 10.5 Å². The van der Waals surface area contributed by atoms with Crippen LogP contribution >= 0.6 is 12.2 Å². The maximum Gasteiger partial charge on any atom is 0.268 e. The summed E-state index contributed by atoms with van der Waals surface area (Å²) in [4.78, 5) is 35.1. The molecule has 0 radical (unpaired) electrons. The van der Waals surface area contributed by atoms with Gasteiger partial charge in [-0.3, -0.25) is 9.59 Å². The largest absolute Gasteiger partial charge is 0.492 e. The Morgan fingerprint density at radius 3 is 2.69 bits per heavy atom. The maximum atomic E-state index is 13.4. The van der Waals surface area contributed by atoms with Crippen molar-refractivity contribution in [2.75, 3.05) is 11.6 Å². The second-order valence-corrected chi connectivity index (χ2v) is 9.60. The summed E-state index contributed by atoms with van der Waals surface area (Å²) < 4.78 is 6.87. The number of amides is 2. The Bertz CT molecular complexity index is 1000. The molecule has 1 saturated heterocycles. The molecular formula is C25H36N4O5S. The van der Waals surface area contributed by atoms with Gasteiger partial charge in [0.05, 0.1) is 6.20 Å². The van der Waals surface area contributed by atoms with Gasteiger partial charge in [-0.15, -0.1) is 0 Å².